The molecule has 0 saturated carbocycles. The van der Waals surface area contributed by atoms with Crippen LogP contribution in [-0.4, -0.2) is 36.5 Å². The van der Waals surface area contributed by atoms with Crippen LogP contribution < -0.4 is 15.2 Å². The molecule has 7 heteroatoms. The second-order valence-electron chi connectivity index (χ2n) is 9.35. The normalized spacial score (nSPS) is 22.9. The lowest BCUT2D eigenvalue weighted by atomic mass is 9.74. The maximum Gasteiger partial charge on any atom is 0.261 e. The molecule has 3 aromatic rings. The Morgan fingerprint density at radius 1 is 1.14 bits per heavy atom. The first-order valence-electron chi connectivity index (χ1n) is 11.4. The zero-order chi connectivity index (χ0) is 24.8. The Balaban J connectivity index is 1.61. The van der Waals surface area contributed by atoms with Crippen LogP contribution in [0.25, 0.3) is 11.1 Å². The Hall–Kier alpha value is -4.31. The van der Waals surface area contributed by atoms with Crippen LogP contribution in [0.2, 0.25) is 0 Å². The lowest BCUT2D eigenvalue weighted by molar-refractivity contribution is -0.133. The Morgan fingerprint density at radius 3 is 2.54 bits per heavy atom. The van der Waals surface area contributed by atoms with Crippen LogP contribution in [0.15, 0.2) is 71.7 Å². The number of nitriles is 1. The largest absolute Gasteiger partial charge is 0.497 e. The molecule has 0 saturated heterocycles. The number of carbonyl (C=O) groups is 1. The highest BCUT2D eigenvalue weighted by Crippen LogP contribution is 2.50. The zero-order valence-corrected chi connectivity index (χ0v) is 19.9. The predicted molar refractivity (Wildman–Crippen MR) is 133 cm³/mol. The summed E-state index contributed by atoms with van der Waals surface area (Å²) in [7, 11) is 3.28. The van der Waals surface area contributed by atoms with Crippen LogP contribution in [0.5, 0.6) is 11.5 Å². The van der Waals surface area contributed by atoms with Gasteiger partial charge >= 0.3 is 0 Å². The second kappa shape index (κ2) is 8.17. The van der Waals surface area contributed by atoms with Crippen LogP contribution in [-0.2, 0) is 16.8 Å². The monoisotopic (exact) mass is 466 g/mol. The molecule has 2 atom stereocenters. The van der Waals surface area contributed by atoms with E-state index < -0.39 is 11.1 Å². The van der Waals surface area contributed by atoms with Crippen molar-refractivity contribution < 1.29 is 14.3 Å². The van der Waals surface area contributed by atoms with E-state index in [1.165, 1.54) is 4.90 Å². The van der Waals surface area contributed by atoms with Gasteiger partial charge in [0, 0.05) is 25.5 Å². The third kappa shape index (κ3) is 3.77. The first-order chi connectivity index (χ1) is 16.8. The van der Waals surface area contributed by atoms with Gasteiger partial charge in [-0.3, -0.25) is 9.69 Å². The number of guanidine groups is 1. The van der Waals surface area contributed by atoms with Gasteiger partial charge in [-0.2, -0.15) is 5.26 Å². The highest BCUT2D eigenvalue weighted by molar-refractivity contribution is 6.07. The molecule has 1 amide bonds. The van der Waals surface area contributed by atoms with Gasteiger partial charge in [0.2, 0.25) is 0 Å². The molecule has 176 valence electrons. The summed E-state index contributed by atoms with van der Waals surface area (Å²) >= 11 is 0. The molecule has 5 rings (SSSR count). The minimum Gasteiger partial charge on any atom is -0.497 e. The fourth-order valence-electron chi connectivity index (χ4n) is 5.09. The number of amides is 1. The number of fused-ring (bicyclic) bond motifs is 2. The summed E-state index contributed by atoms with van der Waals surface area (Å²) in [6, 6.07) is 23.1. The minimum atomic E-state index is -1.18. The molecule has 35 heavy (non-hydrogen) atoms. The molecule has 2 N–H and O–H groups in total. The van der Waals surface area contributed by atoms with Gasteiger partial charge < -0.3 is 15.2 Å². The number of aliphatic imine (C=N–C) groups is 1. The lowest BCUT2D eigenvalue weighted by Crippen LogP contribution is -2.51. The minimum absolute atomic E-state index is 0.177. The molecule has 3 aromatic carbocycles. The number of hydrogen-bond donors (Lipinski definition) is 1. The van der Waals surface area contributed by atoms with Gasteiger partial charge in [0.05, 0.1) is 18.7 Å². The van der Waals surface area contributed by atoms with Crippen molar-refractivity contribution in [1.29, 1.82) is 5.26 Å². The SMILES string of the molecule is COc1ccc(C[C@]2(C)CC3(N=C(N)N(C)C3=O)c3cc(-c4cccc(C#N)c4)ccc3O2)cc1. The number of hydrogen-bond acceptors (Lipinski definition) is 6. The van der Waals surface area contributed by atoms with E-state index in [-0.39, 0.29) is 11.9 Å². The summed E-state index contributed by atoms with van der Waals surface area (Å²) in [5.41, 5.74) is 8.34. The summed E-state index contributed by atoms with van der Waals surface area (Å²) in [6.45, 7) is 2.00. The Bertz CT molecular complexity index is 1390. The van der Waals surface area contributed by atoms with Gasteiger partial charge in [0.15, 0.2) is 11.5 Å². The molecular weight excluding hydrogens is 440 g/mol. The number of benzene rings is 3. The second-order valence-corrected chi connectivity index (χ2v) is 9.35. The van der Waals surface area contributed by atoms with Crippen LogP contribution >= 0.6 is 0 Å². The van der Waals surface area contributed by atoms with Gasteiger partial charge in [-0.15, -0.1) is 0 Å². The average molecular weight is 467 g/mol. The zero-order valence-electron chi connectivity index (χ0n) is 19.9. The van der Waals surface area contributed by atoms with Crippen molar-refractivity contribution >= 4 is 11.9 Å². The number of methoxy groups -OCH3 is 1. The first kappa shape index (κ1) is 22.5. The van der Waals surface area contributed by atoms with Gasteiger partial charge in [0.25, 0.3) is 5.91 Å². The van der Waals surface area contributed by atoms with Crippen molar-refractivity contribution in [3.8, 4) is 28.7 Å². The molecule has 0 bridgehead atoms. The molecule has 2 heterocycles. The number of nitrogens with zero attached hydrogens (tertiary/aromatic N) is 3. The predicted octanol–water partition coefficient (Wildman–Crippen LogP) is 4.00. The third-order valence-electron chi connectivity index (χ3n) is 6.78. The van der Waals surface area contributed by atoms with Crippen LogP contribution in [0.4, 0.5) is 0 Å². The number of carbonyl (C=O) groups excluding carboxylic acids is 1. The number of nitrogens with two attached hydrogens (primary N) is 1. The van der Waals surface area contributed by atoms with Crippen molar-refractivity contribution in [3.63, 3.8) is 0 Å². The summed E-state index contributed by atoms with van der Waals surface area (Å²) in [5.74, 6) is 1.39. The van der Waals surface area contributed by atoms with Crippen LogP contribution in [0, 0.1) is 11.3 Å². The van der Waals surface area contributed by atoms with E-state index in [1.54, 1.807) is 20.2 Å². The number of ether oxygens (including phenoxy) is 2. The highest BCUT2D eigenvalue weighted by Gasteiger charge is 2.56. The Kier molecular flexibility index (Phi) is 5.25. The molecule has 0 radical (unpaired) electrons. The molecule has 0 aliphatic carbocycles. The maximum absolute atomic E-state index is 13.6. The van der Waals surface area contributed by atoms with Crippen molar-refractivity contribution in [2.75, 3.05) is 14.2 Å². The molecule has 1 unspecified atom stereocenters. The molecule has 2 aliphatic rings. The number of likely N-dealkylation sites (N-methyl/N-ethyl adjacent to an activating group) is 1. The van der Waals surface area contributed by atoms with Crippen molar-refractivity contribution in [2.45, 2.75) is 30.9 Å². The van der Waals surface area contributed by atoms with E-state index in [1.807, 2.05) is 67.6 Å². The topological polar surface area (TPSA) is 101 Å². The van der Waals surface area contributed by atoms with Gasteiger partial charge in [-0.05, 0) is 60.0 Å². The van der Waals surface area contributed by atoms with Crippen LogP contribution in [0.3, 0.4) is 0 Å². The molecular formula is C28H26N4O3. The number of rotatable bonds is 4. The Labute approximate surface area is 204 Å². The fourth-order valence-corrected chi connectivity index (χ4v) is 5.09. The van der Waals surface area contributed by atoms with E-state index in [0.29, 0.717) is 29.7 Å². The van der Waals surface area contributed by atoms with Crippen molar-refractivity contribution in [3.05, 3.63) is 83.4 Å². The van der Waals surface area contributed by atoms with Gasteiger partial charge in [-0.1, -0.05) is 30.3 Å². The van der Waals surface area contributed by atoms with Crippen LogP contribution in [0.1, 0.15) is 30.0 Å². The van der Waals surface area contributed by atoms with E-state index in [9.17, 15) is 10.1 Å². The molecule has 0 fully saturated rings. The van der Waals surface area contributed by atoms with E-state index in [2.05, 4.69) is 6.07 Å². The smallest absolute Gasteiger partial charge is 0.261 e. The Morgan fingerprint density at radius 2 is 1.89 bits per heavy atom. The highest BCUT2D eigenvalue weighted by atomic mass is 16.5. The molecule has 2 aliphatic heterocycles. The van der Waals surface area contributed by atoms with E-state index >= 15 is 0 Å². The van der Waals surface area contributed by atoms with E-state index in [4.69, 9.17) is 20.2 Å². The summed E-state index contributed by atoms with van der Waals surface area (Å²) in [6.07, 6.45) is 0.918. The lowest BCUT2D eigenvalue weighted by Gasteiger charge is -2.43. The standard InChI is InChI=1S/C28H26N4O3/c1-27(15-18-7-10-22(34-3)11-8-18)17-28(25(33)32(2)26(30)31-28)23-14-21(9-12-24(23)35-27)20-6-4-5-19(13-20)16-29/h4-14H,15,17H2,1-3H3,(H2,30,31)/t27-,28?/m1/s1. The maximum atomic E-state index is 13.6. The van der Waals surface area contributed by atoms with E-state index in [0.717, 1.165) is 22.4 Å². The fraction of sp³-hybridized carbons (Fsp3) is 0.250. The third-order valence-corrected chi connectivity index (χ3v) is 6.78. The van der Waals surface area contributed by atoms with Gasteiger partial charge in [0.1, 0.15) is 17.1 Å². The first-order valence-corrected chi connectivity index (χ1v) is 11.4. The molecule has 1 spiro atoms. The summed E-state index contributed by atoms with van der Waals surface area (Å²) in [4.78, 5) is 19.8. The average Bonchev–Trinajstić information content (AvgIpc) is 3.07. The summed E-state index contributed by atoms with van der Waals surface area (Å²) < 4.78 is 11.8. The van der Waals surface area contributed by atoms with Gasteiger partial charge in [-0.25, -0.2) is 4.99 Å². The quantitative estimate of drug-likeness (QED) is 0.626. The molecule has 0 aromatic heterocycles. The molecule has 7 nitrogen and oxygen atoms in total. The van der Waals surface area contributed by atoms with Crippen molar-refractivity contribution in [2.24, 2.45) is 10.7 Å². The summed E-state index contributed by atoms with van der Waals surface area (Å²) in [5, 5.41) is 9.31. The van der Waals surface area contributed by atoms with Crippen molar-refractivity contribution in [1.82, 2.24) is 4.90 Å².